The van der Waals surface area contributed by atoms with Crippen LogP contribution in [0.5, 0.6) is 0 Å². The molecule has 1 aliphatic rings. The molecule has 1 N–H and O–H groups in total. The fourth-order valence-electron chi connectivity index (χ4n) is 3.38. The summed E-state index contributed by atoms with van der Waals surface area (Å²) in [6.07, 6.45) is 3.57. The van der Waals surface area contributed by atoms with Crippen LogP contribution >= 0.6 is 34.7 Å². The average molecular weight is 428 g/mol. The van der Waals surface area contributed by atoms with Crippen LogP contribution in [-0.2, 0) is 4.79 Å². The third-order valence-electron chi connectivity index (χ3n) is 4.86. The standard InChI is InChI=1S/C21H18ClN3OS2/c1-11-4-5-15(10-16(11)22)25-12(2)8-14(13(25)3)9-17-19(26)18(20(23)28-17)21-24-6-7-27-21/h4-10,18,23H,1-3H3/b17-9-,23-20?/t18-/m1/s1. The third-order valence-corrected chi connectivity index (χ3v) is 7.10. The maximum atomic E-state index is 12.9. The lowest BCUT2D eigenvalue weighted by molar-refractivity contribution is -0.114. The number of carbonyl (C=O) groups is 1. The molecular weight excluding hydrogens is 410 g/mol. The molecule has 1 atom stereocenters. The summed E-state index contributed by atoms with van der Waals surface area (Å²) >= 11 is 8.96. The molecule has 1 aromatic carbocycles. The minimum absolute atomic E-state index is 0.0480. The highest BCUT2D eigenvalue weighted by atomic mass is 35.5. The van der Waals surface area contributed by atoms with Crippen LogP contribution in [0.2, 0.25) is 5.02 Å². The summed E-state index contributed by atoms with van der Waals surface area (Å²) in [4.78, 5) is 17.7. The van der Waals surface area contributed by atoms with Gasteiger partial charge in [0.2, 0.25) is 0 Å². The van der Waals surface area contributed by atoms with E-state index in [0.717, 1.165) is 33.2 Å². The molecule has 1 aliphatic heterocycles. The van der Waals surface area contributed by atoms with Gasteiger partial charge in [0, 0.05) is 33.7 Å². The number of hydrogen-bond acceptors (Lipinski definition) is 5. The van der Waals surface area contributed by atoms with Crippen LogP contribution in [0.15, 0.2) is 40.7 Å². The van der Waals surface area contributed by atoms with Crippen LogP contribution in [0.4, 0.5) is 0 Å². The number of aryl methyl sites for hydroxylation is 2. The zero-order valence-corrected chi connectivity index (χ0v) is 18.0. The second kappa shape index (κ2) is 7.35. The Hall–Kier alpha value is -2.15. The van der Waals surface area contributed by atoms with Gasteiger partial charge < -0.3 is 4.57 Å². The molecule has 2 aromatic heterocycles. The van der Waals surface area contributed by atoms with Crippen LogP contribution in [0.1, 0.15) is 33.4 Å². The molecule has 28 heavy (non-hydrogen) atoms. The highest BCUT2D eigenvalue weighted by molar-refractivity contribution is 8.19. The molecule has 4 nitrogen and oxygen atoms in total. The molecule has 0 saturated carbocycles. The van der Waals surface area contributed by atoms with Gasteiger partial charge in [-0.25, -0.2) is 4.98 Å². The Labute approximate surface area is 176 Å². The number of Topliss-reactive ketones (excluding diaryl/α,β-unsaturated/α-hetero) is 1. The van der Waals surface area contributed by atoms with Crippen molar-refractivity contribution in [2.45, 2.75) is 26.7 Å². The van der Waals surface area contributed by atoms with Gasteiger partial charge in [-0.2, -0.15) is 0 Å². The van der Waals surface area contributed by atoms with E-state index < -0.39 is 5.92 Å². The first-order chi connectivity index (χ1) is 13.4. The second-order valence-corrected chi connectivity index (χ2v) is 9.15. The molecule has 3 aromatic rings. The number of allylic oxidation sites excluding steroid dienone is 1. The van der Waals surface area contributed by atoms with Gasteiger partial charge in [-0.15, -0.1) is 11.3 Å². The van der Waals surface area contributed by atoms with Gasteiger partial charge in [0.25, 0.3) is 0 Å². The van der Waals surface area contributed by atoms with E-state index in [-0.39, 0.29) is 5.78 Å². The van der Waals surface area contributed by atoms with Crippen molar-refractivity contribution in [3.8, 4) is 5.69 Å². The van der Waals surface area contributed by atoms with Crippen molar-refractivity contribution in [3.63, 3.8) is 0 Å². The number of benzene rings is 1. The number of nitrogens with one attached hydrogen (secondary N) is 1. The summed E-state index contributed by atoms with van der Waals surface area (Å²) in [6.45, 7) is 6.04. The smallest absolute Gasteiger partial charge is 0.186 e. The van der Waals surface area contributed by atoms with Gasteiger partial charge in [-0.1, -0.05) is 29.4 Å². The molecule has 0 unspecified atom stereocenters. The second-order valence-electron chi connectivity index (χ2n) is 6.74. The summed E-state index contributed by atoms with van der Waals surface area (Å²) in [5.41, 5.74) is 5.09. The number of halogens is 1. The van der Waals surface area contributed by atoms with E-state index in [1.54, 1.807) is 6.20 Å². The zero-order valence-electron chi connectivity index (χ0n) is 15.6. The first-order valence-electron chi connectivity index (χ1n) is 8.74. The molecule has 0 amide bonds. The van der Waals surface area contributed by atoms with E-state index in [9.17, 15) is 4.79 Å². The van der Waals surface area contributed by atoms with Crippen LogP contribution in [0.3, 0.4) is 0 Å². The highest BCUT2D eigenvalue weighted by Crippen LogP contribution is 2.41. The zero-order chi connectivity index (χ0) is 20.0. The van der Waals surface area contributed by atoms with Gasteiger partial charge in [-0.3, -0.25) is 10.2 Å². The van der Waals surface area contributed by atoms with Crippen molar-refractivity contribution in [2.24, 2.45) is 0 Å². The van der Waals surface area contributed by atoms with E-state index in [0.29, 0.717) is 15.0 Å². The molecule has 3 heterocycles. The number of thioether (sulfide) groups is 1. The minimum Gasteiger partial charge on any atom is -0.318 e. The molecule has 0 aliphatic carbocycles. The Bertz CT molecular complexity index is 1130. The van der Waals surface area contributed by atoms with Crippen LogP contribution in [0, 0.1) is 26.2 Å². The quantitative estimate of drug-likeness (QED) is 0.527. The van der Waals surface area contributed by atoms with Crippen LogP contribution in [0.25, 0.3) is 11.8 Å². The summed E-state index contributed by atoms with van der Waals surface area (Å²) in [6, 6.07) is 8.06. The van der Waals surface area contributed by atoms with E-state index in [1.165, 1.54) is 23.1 Å². The average Bonchev–Trinajstić information content (AvgIpc) is 3.32. The monoisotopic (exact) mass is 427 g/mol. The number of hydrogen-bond donors (Lipinski definition) is 1. The Morgan fingerprint density at radius 1 is 1.25 bits per heavy atom. The Balaban J connectivity index is 1.72. The summed E-state index contributed by atoms with van der Waals surface area (Å²) in [7, 11) is 0. The predicted octanol–water partition coefficient (Wildman–Crippen LogP) is 5.93. The van der Waals surface area contributed by atoms with Crippen molar-refractivity contribution in [3.05, 3.63) is 73.3 Å². The van der Waals surface area contributed by atoms with Gasteiger partial charge in [0.15, 0.2) is 5.78 Å². The molecule has 0 bridgehead atoms. The number of aromatic nitrogens is 2. The molecular formula is C21H18ClN3OS2. The number of thiazole rings is 1. The maximum absolute atomic E-state index is 12.9. The predicted molar refractivity (Wildman–Crippen MR) is 118 cm³/mol. The molecule has 4 rings (SSSR count). The highest BCUT2D eigenvalue weighted by Gasteiger charge is 2.38. The Morgan fingerprint density at radius 3 is 2.71 bits per heavy atom. The lowest BCUT2D eigenvalue weighted by Gasteiger charge is -2.11. The topological polar surface area (TPSA) is 58.7 Å². The SMILES string of the molecule is Cc1ccc(-n2c(C)cc(/C=C3\SC(=N)[C@H](c4nccs4)C3=O)c2C)cc1Cl. The fraction of sp³-hybridized carbons (Fsp3) is 0.190. The summed E-state index contributed by atoms with van der Waals surface area (Å²) in [5, 5.41) is 11.8. The lowest BCUT2D eigenvalue weighted by atomic mass is 10.1. The number of nitrogens with zero attached hydrogens (tertiary/aromatic N) is 2. The van der Waals surface area contributed by atoms with Gasteiger partial charge in [0.05, 0.1) is 9.95 Å². The van der Waals surface area contributed by atoms with Crippen LogP contribution in [-0.4, -0.2) is 20.4 Å². The number of carbonyl (C=O) groups excluding carboxylic acids is 1. The molecule has 142 valence electrons. The van der Waals surface area contributed by atoms with E-state index in [2.05, 4.69) is 15.6 Å². The van der Waals surface area contributed by atoms with Gasteiger partial charge >= 0.3 is 0 Å². The Kier molecular flexibility index (Phi) is 5.04. The maximum Gasteiger partial charge on any atom is 0.186 e. The van der Waals surface area contributed by atoms with Crippen molar-refractivity contribution < 1.29 is 4.79 Å². The van der Waals surface area contributed by atoms with Crippen molar-refractivity contribution in [1.29, 1.82) is 5.41 Å². The molecule has 7 heteroatoms. The molecule has 1 fully saturated rings. The van der Waals surface area contributed by atoms with Gasteiger partial charge in [0.1, 0.15) is 10.9 Å². The van der Waals surface area contributed by atoms with E-state index in [4.69, 9.17) is 17.0 Å². The first-order valence-corrected chi connectivity index (χ1v) is 10.8. The minimum atomic E-state index is -0.560. The normalized spacial score (nSPS) is 18.4. The van der Waals surface area contributed by atoms with Crippen molar-refractivity contribution >= 4 is 51.6 Å². The molecule has 0 radical (unpaired) electrons. The Morgan fingerprint density at radius 2 is 2.04 bits per heavy atom. The van der Waals surface area contributed by atoms with Gasteiger partial charge in [-0.05, 0) is 56.2 Å². The molecule has 0 spiro atoms. The largest absolute Gasteiger partial charge is 0.318 e. The third kappa shape index (κ3) is 3.26. The fourth-order valence-corrected chi connectivity index (χ4v) is 5.36. The number of ketones is 1. The van der Waals surface area contributed by atoms with E-state index in [1.807, 2.05) is 50.4 Å². The first kappa shape index (κ1) is 19.2. The van der Waals surface area contributed by atoms with E-state index >= 15 is 0 Å². The van der Waals surface area contributed by atoms with Crippen molar-refractivity contribution in [1.82, 2.24) is 9.55 Å². The number of rotatable bonds is 3. The summed E-state index contributed by atoms with van der Waals surface area (Å²) < 4.78 is 2.13. The summed E-state index contributed by atoms with van der Waals surface area (Å²) in [5.74, 6) is -0.608. The molecule has 1 saturated heterocycles. The van der Waals surface area contributed by atoms with Crippen molar-refractivity contribution in [2.75, 3.05) is 0 Å². The lowest BCUT2D eigenvalue weighted by Crippen LogP contribution is -2.11. The van der Waals surface area contributed by atoms with Crippen LogP contribution < -0.4 is 0 Å².